The van der Waals surface area contributed by atoms with Crippen molar-refractivity contribution in [1.29, 1.82) is 0 Å². The molecule has 0 fully saturated rings. The predicted octanol–water partition coefficient (Wildman–Crippen LogP) is 3.59. The van der Waals surface area contributed by atoms with Crippen molar-refractivity contribution in [2.75, 3.05) is 6.54 Å². The van der Waals surface area contributed by atoms with Gasteiger partial charge in [0, 0.05) is 11.3 Å². The number of nitrogens with zero attached hydrogens (tertiary/aromatic N) is 3. The van der Waals surface area contributed by atoms with Crippen molar-refractivity contribution in [3.05, 3.63) is 10.4 Å². The summed E-state index contributed by atoms with van der Waals surface area (Å²) in [5.41, 5.74) is 4.55. The highest BCUT2D eigenvalue weighted by atomic mass is 16.6. The van der Waals surface area contributed by atoms with Crippen LogP contribution in [0.3, 0.4) is 0 Å². The summed E-state index contributed by atoms with van der Waals surface area (Å²) < 4.78 is 15.8. The molecule has 0 saturated heterocycles. The van der Waals surface area contributed by atoms with Crippen molar-refractivity contribution in [3.63, 3.8) is 0 Å². The van der Waals surface area contributed by atoms with Crippen LogP contribution in [-0.4, -0.2) is 41.5 Å². The van der Waals surface area contributed by atoms with Crippen molar-refractivity contribution >= 4 is 18.0 Å². The summed E-state index contributed by atoms with van der Waals surface area (Å²) in [7, 11) is 0. The lowest BCUT2D eigenvalue weighted by atomic mass is 10.0. The van der Waals surface area contributed by atoms with Crippen LogP contribution in [0.2, 0.25) is 0 Å². The maximum atomic E-state index is 12.8. The number of nitrogens with one attached hydrogen (secondary N) is 1. The molecule has 0 aromatic rings. The molecule has 0 aliphatic heterocycles. The molecule has 0 unspecified atom stereocenters. The number of hydrogen-bond acceptors (Lipinski definition) is 7. The SMILES string of the molecule is CCCC[C@](NC(=O)OC(C)(C)C)(OC(=O)CN=[N+]=[N-])C(=O)OC(C)(C)C. The molecule has 0 heterocycles. The number of hydrogen-bond donors (Lipinski definition) is 1. The van der Waals surface area contributed by atoms with E-state index in [1.807, 2.05) is 6.92 Å². The molecule has 0 aliphatic carbocycles. The maximum Gasteiger partial charge on any atom is 0.411 e. The third-order valence-corrected chi connectivity index (χ3v) is 2.86. The molecule has 1 N–H and O–H groups in total. The Morgan fingerprint density at radius 3 is 2.00 bits per heavy atom. The lowest BCUT2D eigenvalue weighted by Gasteiger charge is -2.35. The van der Waals surface area contributed by atoms with Crippen molar-refractivity contribution in [3.8, 4) is 0 Å². The summed E-state index contributed by atoms with van der Waals surface area (Å²) in [4.78, 5) is 39.6. The van der Waals surface area contributed by atoms with Gasteiger partial charge in [-0.25, -0.2) is 9.59 Å². The quantitative estimate of drug-likeness (QED) is 0.169. The minimum absolute atomic E-state index is 0.0281. The van der Waals surface area contributed by atoms with Gasteiger partial charge in [-0.1, -0.05) is 18.5 Å². The number of azide groups is 1. The lowest BCUT2D eigenvalue weighted by Crippen LogP contribution is -2.60. The first-order valence-corrected chi connectivity index (χ1v) is 8.72. The highest BCUT2D eigenvalue weighted by Crippen LogP contribution is 2.23. The number of carbonyl (C=O) groups excluding carboxylic acids is 3. The van der Waals surface area contributed by atoms with E-state index >= 15 is 0 Å². The molecule has 0 aliphatic rings. The number of amides is 1. The van der Waals surface area contributed by atoms with E-state index in [-0.39, 0.29) is 6.42 Å². The molecule has 0 saturated carbocycles. The van der Waals surface area contributed by atoms with Crippen LogP contribution in [0.15, 0.2) is 5.11 Å². The topological polar surface area (TPSA) is 140 Å². The van der Waals surface area contributed by atoms with E-state index in [9.17, 15) is 14.4 Å². The zero-order chi connectivity index (χ0) is 21.3. The summed E-state index contributed by atoms with van der Waals surface area (Å²) in [5, 5.41) is 5.46. The number of esters is 2. The van der Waals surface area contributed by atoms with Gasteiger partial charge < -0.3 is 14.2 Å². The highest BCUT2D eigenvalue weighted by Gasteiger charge is 2.47. The van der Waals surface area contributed by atoms with E-state index in [0.717, 1.165) is 0 Å². The van der Waals surface area contributed by atoms with Crippen LogP contribution in [0.1, 0.15) is 67.7 Å². The average molecular weight is 386 g/mol. The van der Waals surface area contributed by atoms with E-state index in [1.54, 1.807) is 41.5 Å². The summed E-state index contributed by atoms with van der Waals surface area (Å²) in [6, 6.07) is 0. The minimum Gasteiger partial charge on any atom is -0.456 e. The minimum atomic E-state index is -2.09. The number of unbranched alkanes of at least 4 members (excludes halogenated alkanes) is 1. The molecule has 1 amide bonds. The van der Waals surface area contributed by atoms with Crippen LogP contribution < -0.4 is 5.32 Å². The second kappa shape index (κ2) is 10.0. The third-order valence-electron chi connectivity index (χ3n) is 2.86. The monoisotopic (exact) mass is 386 g/mol. The fraction of sp³-hybridized carbons (Fsp3) is 0.824. The van der Waals surface area contributed by atoms with Gasteiger partial charge in [0.25, 0.3) is 5.72 Å². The van der Waals surface area contributed by atoms with Crippen LogP contribution in [0.5, 0.6) is 0 Å². The standard InChI is InChI=1S/C17H30N4O6/c1-8-9-10-17(13(23)26-15(2,3)4,25-12(22)11-19-21-18)20-14(24)27-16(5,6)7/h8-11H2,1-7H3,(H,20,24)/t17-/m0/s1. The summed E-state index contributed by atoms with van der Waals surface area (Å²) in [5.74, 6) is -1.92. The third kappa shape index (κ3) is 10.3. The summed E-state index contributed by atoms with van der Waals surface area (Å²) in [6.07, 6.45) is 0.138. The van der Waals surface area contributed by atoms with Crippen molar-refractivity contribution < 1.29 is 28.6 Å². The molecule has 0 radical (unpaired) electrons. The Kier molecular flexibility index (Phi) is 9.09. The molecule has 0 aromatic heterocycles. The van der Waals surface area contributed by atoms with Gasteiger partial charge >= 0.3 is 18.0 Å². The smallest absolute Gasteiger partial charge is 0.411 e. The van der Waals surface area contributed by atoms with Crippen molar-refractivity contribution in [2.24, 2.45) is 5.11 Å². The van der Waals surface area contributed by atoms with Gasteiger partial charge in [-0.15, -0.1) is 0 Å². The van der Waals surface area contributed by atoms with Gasteiger partial charge in [-0.2, -0.15) is 0 Å². The van der Waals surface area contributed by atoms with Gasteiger partial charge in [0.05, 0.1) is 0 Å². The second-order valence-electron chi connectivity index (χ2n) is 7.92. The molecule has 0 aromatic carbocycles. The van der Waals surface area contributed by atoms with Crippen LogP contribution in [0, 0.1) is 0 Å². The fourth-order valence-corrected chi connectivity index (χ4v) is 1.90. The molecule has 10 nitrogen and oxygen atoms in total. The van der Waals surface area contributed by atoms with E-state index < -0.39 is 41.5 Å². The number of rotatable bonds is 8. The van der Waals surface area contributed by atoms with Crippen LogP contribution in [0.25, 0.3) is 10.4 Å². The Balaban J connectivity index is 5.82. The van der Waals surface area contributed by atoms with Gasteiger partial charge in [0.1, 0.15) is 17.7 Å². The second-order valence-corrected chi connectivity index (χ2v) is 7.92. The van der Waals surface area contributed by atoms with E-state index in [4.69, 9.17) is 19.7 Å². The molecule has 0 rings (SSSR count). The van der Waals surface area contributed by atoms with Crippen LogP contribution >= 0.6 is 0 Å². The molecule has 0 bridgehead atoms. The largest absolute Gasteiger partial charge is 0.456 e. The van der Waals surface area contributed by atoms with Crippen LogP contribution in [0.4, 0.5) is 4.79 Å². The zero-order valence-corrected chi connectivity index (χ0v) is 17.1. The zero-order valence-electron chi connectivity index (χ0n) is 17.1. The maximum absolute atomic E-state index is 12.8. The Hall–Kier alpha value is -2.48. The van der Waals surface area contributed by atoms with E-state index in [2.05, 4.69) is 15.3 Å². The molecule has 27 heavy (non-hydrogen) atoms. The molecular weight excluding hydrogens is 356 g/mol. The molecule has 10 heteroatoms. The molecule has 154 valence electrons. The highest BCUT2D eigenvalue weighted by molar-refractivity contribution is 5.87. The molecule has 0 spiro atoms. The summed E-state index contributed by atoms with van der Waals surface area (Å²) >= 11 is 0. The lowest BCUT2D eigenvalue weighted by molar-refractivity contribution is -0.195. The average Bonchev–Trinajstić information content (AvgIpc) is 2.46. The first-order chi connectivity index (χ1) is 12.2. The fourth-order valence-electron chi connectivity index (χ4n) is 1.90. The van der Waals surface area contributed by atoms with Gasteiger partial charge in [-0.05, 0) is 53.5 Å². The van der Waals surface area contributed by atoms with Gasteiger partial charge in [-0.3, -0.25) is 10.1 Å². The van der Waals surface area contributed by atoms with Crippen LogP contribution in [-0.2, 0) is 23.8 Å². The Bertz CT molecular complexity index is 587. The van der Waals surface area contributed by atoms with E-state index in [0.29, 0.717) is 12.8 Å². The first-order valence-electron chi connectivity index (χ1n) is 8.72. The normalized spacial score (nSPS) is 13.6. The number of ether oxygens (including phenoxy) is 3. The van der Waals surface area contributed by atoms with Crippen molar-refractivity contribution in [1.82, 2.24) is 5.32 Å². The van der Waals surface area contributed by atoms with Crippen molar-refractivity contribution in [2.45, 2.75) is 84.7 Å². The van der Waals surface area contributed by atoms with Gasteiger partial charge in [0.2, 0.25) is 0 Å². The van der Waals surface area contributed by atoms with Gasteiger partial charge in [0.15, 0.2) is 0 Å². The molecule has 1 atom stereocenters. The first kappa shape index (κ1) is 24.5. The van der Waals surface area contributed by atoms with E-state index in [1.165, 1.54) is 0 Å². The molecular formula is C17H30N4O6. The Morgan fingerprint density at radius 1 is 1.00 bits per heavy atom. The predicted molar refractivity (Wildman–Crippen MR) is 97.6 cm³/mol. The number of carbonyl (C=O) groups is 3. The number of alkyl carbamates (subject to hydrolysis) is 1. The Labute approximate surface area is 159 Å². The Morgan fingerprint density at radius 2 is 1.56 bits per heavy atom. The summed E-state index contributed by atoms with van der Waals surface area (Å²) in [6.45, 7) is 11.1.